The Labute approximate surface area is 126 Å². The minimum atomic E-state index is -0.517. The molecule has 3 N–H and O–H groups in total. The normalized spacial score (nSPS) is 12.6. The van der Waals surface area contributed by atoms with Crippen LogP contribution in [0.1, 0.15) is 31.1 Å². The Morgan fingerprint density at radius 3 is 2.50 bits per heavy atom. The number of rotatable bonds is 9. The summed E-state index contributed by atoms with van der Waals surface area (Å²) in [5, 5.41) is 10.3. The molecule has 0 fully saturated rings. The molecule has 0 spiro atoms. The van der Waals surface area contributed by atoms with Crippen LogP contribution in [0, 0.1) is 0 Å². The van der Waals surface area contributed by atoms with Gasteiger partial charge in [0.15, 0.2) is 0 Å². The van der Waals surface area contributed by atoms with Gasteiger partial charge >= 0.3 is 0 Å². The van der Waals surface area contributed by atoms with Crippen LogP contribution in [0.3, 0.4) is 0 Å². The maximum absolute atomic E-state index is 10.3. The van der Waals surface area contributed by atoms with Crippen LogP contribution >= 0.6 is 12.2 Å². The Morgan fingerprint density at radius 1 is 1.35 bits per heavy atom. The lowest BCUT2D eigenvalue weighted by atomic mass is 10.1. The van der Waals surface area contributed by atoms with Crippen molar-refractivity contribution in [3.8, 4) is 0 Å². The van der Waals surface area contributed by atoms with Crippen LogP contribution in [0.15, 0.2) is 24.3 Å². The molecule has 0 aromatic heterocycles. The van der Waals surface area contributed by atoms with Gasteiger partial charge in [0.05, 0.1) is 12.7 Å². The number of hydrogen-bond donors (Lipinski definition) is 2. The molecule has 0 bridgehead atoms. The first kappa shape index (κ1) is 17.0. The molecule has 0 amide bonds. The van der Waals surface area contributed by atoms with Gasteiger partial charge in [0, 0.05) is 25.3 Å². The van der Waals surface area contributed by atoms with E-state index in [1.807, 2.05) is 31.2 Å². The molecule has 112 valence electrons. The molecule has 0 aliphatic heterocycles. The lowest BCUT2D eigenvalue weighted by Gasteiger charge is -2.23. The standard InChI is InChI=1S/C15H24N2O2S/c1-3-17(9-10-19-4-2)11-14(18)12-5-7-13(8-6-12)15(16)20/h5-8,14,18H,3-4,9-11H2,1-2H3,(H2,16,20). The largest absolute Gasteiger partial charge is 0.389 e. The second kappa shape index (κ2) is 9.02. The minimum absolute atomic E-state index is 0.373. The van der Waals surface area contributed by atoms with E-state index >= 15 is 0 Å². The van der Waals surface area contributed by atoms with Crippen LogP contribution in [0.4, 0.5) is 0 Å². The third-order valence-corrected chi connectivity index (χ3v) is 3.45. The van der Waals surface area contributed by atoms with Crippen molar-refractivity contribution in [3.05, 3.63) is 35.4 Å². The van der Waals surface area contributed by atoms with Gasteiger partial charge in [-0.2, -0.15) is 0 Å². The Hall–Kier alpha value is -1.01. The molecule has 0 saturated carbocycles. The molecule has 0 radical (unpaired) electrons. The Balaban J connectivity index is 2.55. The smallest absolute Gasteiger partial charge is 0.103 e. The third-order valence-electron chi connectivity index (χ3n) is 3.21. The SMILES string of the molecule is CCOCCN(CC)CC(O)c1ccc(C(N)=S)cc1. The maximum Gasteiger partial charge on any atom is 0.103 e. The van der Waals surface area contributed by atoms with Crippen LogP contribution in [0.5, 0.6) is 0 Å². The van der Waals surface area contributed by atoms with E-state index in [1.54, 1.807) is 0 Å². The van der Waals surface area contributed by atoms with Gasteiger partial charge in [-0.25, -0.2) is 0 Å². The van der Waals surface area contributed by atoms with Gasteiger partial charge in [-0.05, 0) is 19.0 Å². The van der Waals surface area contributed by atoms with E-state index in [0.717, 1.165) is 30.8 Å². The van der Waals surface area contributed by atoms with Crippen LogP contribution in [0.2, 0.25) is 0 Å². The summed E-state index contributed by atoms with van der Waals surface area (Å²) in [6.07, 6.45) is -0.517. The van der Waals surface area contributed by atoms with Gasteiger partial charge < -0.3 is 15.6 Å². The number of likely N-dealkylation sites (N-methyl/N-ethyl adjacent to an activating group) is 1. The highest BCUT2D eigenvalue weighted by molar-refractivity contribution is 7.80. The van der Waals surface area contributed by atoms with E-state index in [0.29, 0.717) is 18.1 Å². The molecule has 1 aromatic carbocycles. The first-order valence-corrected chi connectivity index (χ1v) is 7.37. The van der Waals surface area contributed by atoms with Crippen molar-refractivity contribution in [2.45, 2.75) is 20.0 Å². The van der Waals surface area contributed by atoms with Crippen molar-refractivity contribution in [1.82, 2.24) is 4.90 Å². The number of nitrogens with zero attached hydrogens (tertiary/aromatic N) is 1. The lowest BCUT2D eigenvalue weighted by Crippen LogP contribution is -2.31. The molecule has 0 heterocycles. The first-order valence-electron chi connectivity index (χ1n) is 6.96. The summed E-state index contributed by atoms with van der Waals surface area (Å²) in [4.78, 5) is 2.54. The minimum Gasteiger partial charge on any atom is -0.389 e. The number of nitrogens with two attached hydrogens (primary N) is 1. The van der Waals surface area contributed by atoms with Gasteiger partial charge in [0.25, 0.3) is 0 Å². The van der Waals surface area contributed by atoms with Gasteiger partial charge in [-0.15, -0.1) is 0 Å². The number of aliphatic hydroxyl groups is 1. The highest BCUT2D eigenvalue weighted by Crippen LogP contribution is 2.15. The molecule has 1 aromatic rings. The molecular weight excluding hydrogens is 272 g/mol. The average molecular weight is 296 g/mol. The monoisotopic (exact) mass is 296 g/mol. The molecule has 1 atom stereocenters. The number of thiocarbonyl (C=S) groups is 1. The van der Waals surface area contributed by atoms with Crippen molar-refractivity contribution < 1.29 is 9.84 Å². The molecule has 0 aliphatic carbocycles. The quantitative estimate of drug-likeness (QED) is 0.537. The van der Waals surface area contributed by atoms with Crippen LogP contribution in [-0.2, 0) is 4.74 Å². The van der Waals surface area contributed by atoms with Gasteiger partial charge in [-0.3, -0.25) is 4.90 Å². The molecule has 20 heavy (non-hydrogen) atoms. The molecular formula is C15H24N2O2S. The predicted octanol–water partition coefficient (Wildman–Crippen LogP) is 1.71. The summed E-state index contributed by atoms with van der Waals surface area (Å²) < 4.78 is 5.34. The third kappa shape index (κ3) is 5.54. The van der Waals surface area contributed by atoms with Crippen molar-refractivity contribution in [2.24, 2.45) is 5.73 Å². The molecule has 1 unspecified atom stereocenters. The number of aliphatic hydroxyl groups excluding tert-OH is 1. The summed E-state index contributed by atoms with van der Waals surface area (Å²) in [5.41, 5.74) is 7.25. The number of hydrogen-bond acceptors (Lipinski definition) is 4. The van der Waals surface area contributed by atoms with Crippen LogP contribution in [0.25, 0.3) is 0 Å². The fourth-order valence-corrected chi connectivity index (χ4v) is 2.07. The van der Waals surface area contributed by atoms with Crippen LogP contribution < -0.4 is 5.73 Å². The fraction of sp³-hybridized carbons (Fsp3) is 0.533. The zero-order chi connectivity index (χ0) is 15.0. The number of benzene rings is 1. The zero-order valence-electron chi connectivity index (χ0n) is 12.2. The molecule has 4 nitrogen and oxygen atoms in total. The predicted molar refractivity (Wildman–Crippen MR) is 85.9 cm³/mol. The summed E-state index contributed by atoms with van der Waals surface area (Å²) in [7, 11) is 0. The van der Waals surface area contributed by atoms with Crippen molar-refractivity contribution in [1.29, 1.82) is 0 Å². The Kier molecular flexibility index (Phi) is 7.69. The first-order chi connectivity index (χ1) is 9.58. The highest BCUT2D eigenvalue weighted by atomic mass is 32.1. The summed E-state index contributed by atoms with van der Waals surface area (Å²) in [6.45, 7) is 7.78. The summed E-state index contributed by atoms with van der Waals surface area (Å²) in [5.74, 6) is 0. The van der Waals surface area contributed by atoms with Crippen molar-refractivity contribution in [3.63, 3.8) is 0 Å². The summed E-state index contributed by atoms with van der Waals surface area (Å²) >= 11 is 4.91. The van der Waals surface area contributed by atoms with Gasteiger partial charge in [0.2, 0.25) is 0 Å². The van der Waals surface area contributed by atoms with E-state index in [2.05, 4.69) is 11.8 Å². The molecule has 0 aliphatic rings. The number of ether oxygens (including phenoxy) is 1. The highest BCUT2D eigenvalue weighted by Gasteiger charge is 2.12. The second-order valence-electron chi connectivity index (χ2n) is 4.59. The van der Waals surface area contributed by atoms with E-state index in [1.165, 1.54) is 0 Å². The Bertz CT molecular complexity index is 409. The topological polar surface area (TPSA) is 58.7 Å². The molecule has 5 heteroatoms. The van der Waals surface area contributed by atoms with E-state index in [9.17, 15) is 5.11 Å². The fourth-order valence-electron chi connectivity index (χ4n) is 1.94. The van der Waals surface area contributed by atoms with E-state index < -0.39 is 6.10 Å². The molecule has 0 saturated heterocycles. The lowest BCUT2D eigenvalue weighted by molar-refractivity contribution is 0.0792. The van der Waals surface area contributed by atoms with Crippen molar-refractivity contribution in [2.75, 3.05) is 32.8 Å². The van der Waals surface area contributed by atoms with Crippen LogP contribution in [-0.4, -0.2) is 47.8 Å². The van der Waals surface area contributed by atoms with Gasteiger partial charge in [-0.1, -0.05) is 43.4 Å². The van der Waals surface area contributed by atoms with Gasteiger partial charge in [0.1, 0.15) is 4.99 Å². The van der Waals surface area contributed by atoms with Crippen molar-refractivity contribution >= 4 is 17.2 Å². The zero-order valence-corrected chi connectivity index (χ0v) is 13.0. The van der Waals surface area contributed by atoms with E-state index in [4.69, 9.17) is 22.7 Å². The van der Waals surface area contributed by atoms with E-state index in [-0.39, 0.29) is 0 Å². The average Bonchev–Trinajstić information content (AvgIpc) is 2.46. The second-order valence-corrected chi connectivity index (χ2v) is 5.03. The Morgan fingerprint density at radius 2 is 2.00 bits per heavy atom. The molecule has 1 rings (SSSR count). The summed E-state index contributed by atoms with van der Waals surface area (Å²) in [6, 6.07) is 7.43. The maximum atomic E-state index is 10.3.